The predicted octanol–water partition coefficient (Wildman–Crippen LogP) is 3.34. The van der Waals surface area contributed by atoms with Gasteiger partial charge in [0.25, 0.3) is 5.69 Å². The highest BCUT2D eigenvalue weighted by Gasteiger charge is 2.18. The number of carboxylic acids is 1. The summed E-state index contributed by atoms with van der Waals surface area (Å²) in [6.07, 6.45) is 3.49. The average Bonchev–Trinajstić information content (AvgIpc) is 2.35. The topological polar surface area (TPSA) is 80.4 Å². The SMILES string of the molecule is CCCCc1cccc(CCCC(=O)O)c1[N+](=O)[O-]. The molecule has 0 radical (unpaired) electrons. The summed E-state index contributed by atoms with van der Waals surface area (Å²) in [4.78, 5) is 21.3. The summed E-state index contributed by atoms with van der Waals surface area (Å²) < 4.78 is 0. The van der Waals surface area contributed by atoms with Crippen LogP contribution in [0.3, 0.4) is 0 Å². The van der Waals surface area contributed by atoms with Crippen molar-refractivity contribution in [3.05, 3.63) is 39.4 Å². The lowest BCUT2D eigenvalue weighted by Gasteiger charge is -2.07. The van der Waals surface area contributed by atoms with Crippen molar-refractivity contribution in [1.82, 2.24) is 0 Å². The molecule has 1 aromatic carbocycles. The number of hydrogen-bond acceptors (Lipinski definition) is 3. The minimum atomic E-state index is -0.871. The molecule has 5 heteroatoms. The molecule has 104 valence electrons. The van der Waals surface area contributed by atoms with Gasteiger partial charge >= 0.3 is 5.97 Å². The molecule has 5 nitrogen and oxygen atoms in total. The fraction of sp³-hybridized carbons (Fsp3) is 0.500. The van der Waals surface area contributed by atoms with E-state index in [0.29, 0.717) is 24.8 Å². The Hall–Kier alpha value is -1.91. The minimum Gasteiger partial charge on any atom is -0.481 e. The molecule has 0 unspecified atom stereocenters. The number of unbranched alkanes of at least 4 members (excludes halogenated alkanes) is 1. The van der Waals surface area contributed by atoms with Crippen LogP contribution in [0, 0.1) is 10.1 Å². The Kier molecular flexibility index (Phi) is 5.99. The van der Waals surface area contributed by atoms with Crippen LogP contribution in [0.2, 0.25) is 0 Å². The van der Waals surface area contributed by atoms with E-state index in [9.17, 15) is 14.9 Å². The van der Waals surface area contributed by atoms with Crippen molar-refractivity contribution >= 4 is 11.7 Å². The zero-order valence-electron chi connectivity index (χ0n) is 11.1. The van der Waals surface area contributed by atoms with E-state index >= 15 is 0 Å². The highest BCUT2D eigenvalue weighted by Crippen LogP contribution is 2.26. The summed E-state index contributed by atoms with van der Waals surface area (Å²) in [5.41, 5.74) is 1.56. The van der Waals surface area contributed by atoms with E-state index in [4.69, 9.17) is 5.11 Å². The predicted molar refractivity (Wildman–Crippen MR) is 72.3 cm³/mol. The molecule has 19 heavy (non-hydrogen) atoms. The second-order valence-electron chi connectivity index (χ2n) is 4.53. The van der Waals surface area contributed by atoms with Crippen molar-refractivity contribution in [2.75, 3.05) is 0 Å². The molecule has 0 amide bonds. The lowest BCUT2D eigenvalue weighted by atomic mass is 9.99. The van der Waals surface area contributed by atoms with Gasteiger partial charge in [-0.05, 0) is 25.7 Å². The Morgan fingerprint density at radius 3 is 2.32 bits per heavy atom. The first kappa shape index (κ1) is 15.1. The molecular weight excluding hydrogens is 246 g/mol. The Bertz CT molecular complexity index is 457. The van der Waals surface area contributed by atoms with Crippen LogP contribution in [0.4, 0.5) is 5.69 Å². The lowest BCUT2D eigenvalue weighted by molar-refractivity contribution is -0.386. The van der Waals surface area contributed by atoms with Crippen LogP contribution < -0.4 is 0 Å². The number of carbonyl (C=O) groups is 1. The molecule has 0 spiro atoms. The molecule has 0 aromatic heterocycles. The summed E-state index contributed by atoms with van der Waals surface area (Å²) in [7, 11) is 0. The van der Waals surface area contributed by atoms with Crippen molar-refractivity contribution in [2.24, 2.45) is 0 Å². The average molecular weight is 265 g/mol. The normalized spacial score (nSPS) is 10.4. The van der Waals surface area contributed by atoms with Crippen LogP contribution >= 0.6 is 0 Å². The van der Waals surface area contributed by atoms with Crippen molar-refractivity contribution in [3.8, 4) is 0 Å². The standard InChI is InChI=1S/C14H19NO4/c1-2-3-6-11-7-4-8-12(14(11)15(18)19)9-5-10-13(16)17/h4,7-8H,2-3,5-6,9-10H2,1H3,(H,16,17). The van der Waals surface area contributed by atoms with Crippen LogP contribution in [0.1, 0.15) is 43.7 Å². The van der Waals surface area contributed by atoms with Crippen LogP contribution in [-0.4, -0.2) is 16.0 Å². The third-order valence-corrected chi connectivity index (χ3v) is 3.02. The van der Waals surface area contributed by atoms with E-state index in [0.717, 1.165) is 18.4 Å². The molecule has 0 saturated heterocycles. The van der Waals surface area contributed by atoms with Gasteiger partial charge in [0.15, 0.2) is 0 Å². The molecule has 1 aromatic rings. The van der Waals surface area contributed by atoms with Gasteiger partial charge in [0, 0.05) is 17.5 Å². The van der Waals surface area contributed by atoms with Gasteiger partial charge in [0.2, 0.25) is 0 Å². The van der Waals surface area contributed by atoms with Crippen LogP contribution in [-0.2, 0) is 17.6 Å². The van der Waals surface area contributed by atoms with E-state index in [1.54, 1.807) is 12.1 Å². The molecule has 0 atom stereocenters. The summed E-state index contributed by atoms with van der Waals surface area (Å²) >= 11 is 0. The van der Waals surface area contributed by atoms with Gasteiger partial charge in [-0.2, -0.15) is 0 Å². The molecular formula is C14H19NO4. The molecule has 0 aliphatic carbocycles. The molecule has 1 N–H and O–H groups in total. The fourth-order valence-corrected chi connectivity index (χ4v) is 2.08. The molecule has 0 heterocycles. The molecule has 1 rings (SSSR count). The Balaban J connectivity index is 2.89. The summed E-state index contributed by atoms with van der Waals surface area (Å²) in [5, 5.41) is 19.8. The summed E-state index contributed by atoms with van der Waals surface area (Å²) in [6, 6.07) is 5.32. The van der Waals surface area contributed by atoms with E-state index < -0.39 is 5.97 Å². The van der Waals surface area contributed by atoms with Crippen molar-refractivity contribution < 1.29 is 14.8 Å². The summed E-state index contributed by atoms with van der Waals surface area (Å²) in [5.74, 6) is -0.871. The van der Waals surface area contributed by atoms with Gasteiger partial charge in [-0.1, -0.05) is 31.5 Å². The second kappa shape index (κ2) is 7.51. The zero-order valence-corrected chi connectivity index (χ0v) is 11.1. The first-order valence-corrected chi connectivity index (χ1v) is 6.53. The van der Waals surface area contributed by atoms with Crippen LogP contribution in [0.5, 0.6) is 0 Å². The highest BCUT2D eigenvalue weighted by molar-refractivity contribution is 5.66. The first-order valence-electron chi connectivity index (χ1n) is 6.53. The quantitative estimate of drug-likeness (QED) is 0.577. The van der Waals surface area contributed by atoms with Crippen LogP contribution in [0.25, 0.3) is 0 Å². The molecule has 0 aliphatic rings. The van der Waals surface area contributed by atoms with E-state index in [2.05, 4.69) is 0 Å². The largest absolute Gasteiger partial charge is 0.481 e. The van der Waals surface area contributed by atoms with E-state index in [1.807, 2.05) is 13.0 Å². The van der Waals surface area contributed by atoms with Gasteiger partial charge in [0.1, 0.15) is 0 Å². The van der Waals surface area contributed by atoms with E-state index in [-0.39, 0.29) is 17.0 Å². The lowest BCUT2D eigenvalue weighted by Crippen LogP contribution is -2.02. The zero-order chi connectivity index (χ0) is 14.3. The maximum Gasteiger partial charge on any atom is 0.303 e. The van der Waals surface area contributed by atoms with Gasteiger partial charge in [-0.3, -0.25) is 14.9 Å². The number of aryl methyl sites for hydroxylation is 2. The van der Waals surface area contributed by atoms with Gasteiger partial charge < -0.3 is 5.11 Å². The van der Waals surface area contributed by atoms with Crippen molar-refractivity contribution in [3.63, 3.8) is 0 Å². The molecule has 0 bridgehead atoms. The Morgan fingerprint density at radius 1 is 1.26 bits per heavy atom. The number of nitro benzene ring substituents is 1. The number of para-hydroxylation sites is 1. The van der Waals surface area contributed by atoms with Crippen LogP contribution in [0.15, 0.2) is 18.2 Å². The maximum absolute atomic E-state index is 11.2. The Labute approximate surface area is 112 Å². The number of hydrogen-bond donors (Lipinski definition) is 1. The fourth-order valence-electron chi connectivity index (χ4n) is 2.08. The van der Waals surface area contributed by atoms with Gasteiger partial charge in [0.05, 0.1) is 4.92 Å². The number of carboxylic acid groups (broad SMARTS) is 1. The third kappa shape index (κ3) is 4.69. The van der Waals surface area contributed by atoms with Gasteiger partial charge in [-0.25, -0.2) is 0 Å². The molecule has 0 fully saturated rings. The number of nitrogens with zero attached hydrogens (tertiary/aromatic N) is 1. The third-order valence-electron chi connectivity index (χ3n) is 3.02. The Morgan fingerprint density at radius 2 is 1.84 bits per heavy atom. The number of aliphatic carboxylic acids is 1. The number of nitro groups is 1. The second-order valence-corrected chi connectivity index (χ2v) is 4.53. The molecule has 0 aliphatic heterocycles. The van der Waals surface area contributed by atoms with Crippen molar-refractivity contribution in [2.45, 2.75) is 45.4 Å². The van der Waals surface area contributed by atoms with Crippen molar-refractivity contribution in [1.29, 1.82) is 0 Å². The maximum atomic E-state index is 11.2. The summed E-state index contributed by atoms with van der Waals surface area (Å²) in [6.45, 7) is 2.04. The van der Waals surface area contributed by atoms with E-state index in [1.165, 1.54) is 0 Å². The number of benzene rings is 1. The smallest absolute Gasteiger partial charge is 0.303 e. The minimum absolute atomic E-state index is 0.0380. The first-order chi connectivity index (χ1) is 9.06. The monoisotopic (exact) mass is 265 g/mol. The highest BCUT2D eigenvalue weighted by atomic mass is 16.6. The van der Waals surface area contributed by atoms with Gasteiger partial charge in [-0.15, -0.1) is 0 Å². The molecule has 0 saturated carbocycles. The number of rotatable bonds is 8.